The third kappa shape index (κ3) is 5.54. The van der Waals surface area contributed by atoms with Crippen LogP contribution in [0.3, 0.4) is 0 Å². The van der Waals surface area contributed by atoms with Gasteiger partial charge in [0.25, 0.3) is 5.78 Å². The first-order chi connectivity index (χ1) is 20.2. The van der Waals surface area contributed by atoms with Crippen LogP contribution < -0.4 is 14.4 Å². The van der Waals surface area contributed by atoms with E-state index in [1.807, 2.05) is 6.92 Å². The molecule has 2 aromatic carbocycles. The van der Waals surface area contributed by atoms with E-state index in [-0.39, 0.29) is 34.1 Å². The second kappa shape index (κ2) is 12.2. The van der Waals surface area contributed by atoms with Crippen LogP contribution in [0.1, 0.15) is 64.8 Å². The van der Waals surface area contributed by atoms with E-state index in [0.29, 0.717) is 35.6 Å². The first-order valence-corrected chi connectivity index (χ1v) is 14.6. The molecule has 42 heavy (non-hydrogen) atoms. The van der Waals surface area contributed by atoms with Crippen molar-refractivity contribution in [3.8, 4) is 11.5 Å². The average Bonchev–Trinajstić information content (AvgIpc) is 3.63. The summed E-state index contributed by atoms with van der Waals surface area (Å²) in [5.41, 5.74) is 2.12. The van der Waals surface area contributed by atoms with Gasteiger partial charge in [0.05, 0.1) is 23.9 Å². The fourth-order valence-electron chi connectivity index (χ4n) is 5.05. The Bertz CT molecular complexity index is 1590. The Hall–Kier alpha value is -4.44. The van der Waals surface area contributed by atoms with Gasteiger partial charge >= 0.3 is 11.9 Å². The number of carbonyl (C=O) groups excluding carboxylic acids is 3. The molecule has 0 spiro atoms. The standard InChI is InChI=1S/C32H32N2O7S/c1-5-7-14-39-23-10-8-9-20(17-23)26-25(27(35)21-11-12-24-22(16-21)15-18(3)41-24)28(36)30(37)34(26)32-33-19(4)29(42-32)31(38)40-13-6-2/h6,8-12,16-18,26,35H,2,5,7,13-15H2,1,3-4H3/t18-,26-/m1/s1. The van der Waals surface area contributed by atoms with Crippen molar-refractivity contribution in [1.29, 1.82) is 0 Å². The molecule has 2 aliphatic heterocycles. The topological polar surface area (TPSA) is 115 Å². The number of aliphatic hydroxyl groups excluding tert-OH is 1. The minimum atomic E-state index is -1.02. The number of ether oxygens (including phenoxy) is 3. The van der Waals surface area contributed by atoms with E-state index in [1.165, 1.54) is 11.0 Å². The number of benzene rings is 2. The number of Topliss-reactive ketones (excluding diaryl/α,β-unsaturated/α-hetero) is 1. The summed E-state index contributed by atoms with van der Waals surface area (Å²) in [6, 6.07) is 11.3. The van der Waals surface area contributed by atoms with Gasteiger partial charge in [-0.25, -0.2) is 9.78 Å². The van der Waals surface area contributed by atoms with E-state index in [0.717, 1.165) is 35.5 Å². The van der Waals surface area contributed by atoms with Crippen LogP contribution in [0.4, 0.5) is 5.13 Å². The van der Waals surface area contributed by atoms with Crippen LogP contribution in [0, 0.1) is 6.92 Å². The van der Waals surface area contributed by atoms with Crippen LogP contribution in [-0.2, 0) is 20.7 Å². The molecule has 9 nitrogen and oxygen atoms in total. The van der Waals surface area contributed by atoms with Crippen molar-refractivity contribution >= 4 is 39.9 Å². The number of hydrogen-bond donors (Lipinski definition) is 1. The summed E-state index contributed by atoms with van der Waals surface area (Å²) in [7, 11) is 0. The number of unbranched alkanes of at least 4 members (excludes halogenated alkanes) is 1. The maximum Gasteiger partial charge on any atom is 0.350 e. The molecule has 5 rings (SSSR count). The number of aliphatic hydroxyl groups is 1. The molecule has 1 aromatic heterocycles. The van der Waals surface area contributed by atoms with Gasteiger partial charge in [-0.2, -0.15) is 0 Å². The predicted molar refractivity (Wildman–Crippen MR) is 159 cm³/mol. The summed E-state index contributed by atoms with van der Waals surface area (Å²) < 4.78 is 16.9. The third-order valence-electron chi connectivity index (χ3n) is 7.06. The number of carbonyl (C=O) groups is 3. The lowest BCUT2D eigenvalue weighted by Crippen LogP contribution is -2.29. The smallest absolute Gasteiger partial charge is 0.350 e. The van der Waals surface area contributed by atoms with E-state index in [2.05, 4.69) is 18.5 Å². The summed E-state index contributed by atoms with van der Waals surface area (Å²) in [5.74, 6) is -1.34. The lowest BCUT2D eigenvalue weighted by Gasteiger charge is -2.23. The number of fused-ring (bicyclic) bond motifs is 1. The first kappa shape index (κ1) is 29.1. The van der Waals surface area contributed by atoms with Crippen molar-refractivity contribution in [3.63, 3.8) is 0 Å². The highest BCUT2D eigenvalue weighted by Crippen LogP contribution is 2.45. The summed E-state index contributed by atoms with van der Waals surface area (Å²) in [4.78, 5) is 45.9. The fraction of sp³-hybridized carbons (Fsp3) is 0.312. The van der Waals surface area contributed by atoms with Gasteiger partial charge in [-0.15, -0.1) is 0 Å². The molecule has 1 N–H and O–H groups in total. The molecule has 1 saturated heterocycles. The van der Waals surface area contributed by atoms with Crippen molar-refractivity contribution in [2.24, 2.45) is 0 Å². The molecule has 3 heterocycles. The Labute approximate surface area is 248 Å². The summed E-state index contributed by atoms with van der Waals surface area (Å²) in [6.07, 6.45) is 3.94. The Balaban J connectivity index is 1.63. The quantitative estimate of drug-likeness (QED) is 0.0775. The third-order valence-corrected chi connectivity index (χ3v) is 8.20. The number of thiazole rings is 1. The molecule has 0 bridgehead atoms. The van der Waals surface area contributed by atoms with Crippen LogP contribution in [-0.4, -0.2) is 47.1 Å². The van der Waals surface area contributed by atoms with Gasteiger partial charge < -0.3 is 19.3 Å². The van der Waals surface area contributed by atoms with Crippen molar-refractivity contribution in [2.75, 3.05) is 18.1 Å². The molecular weight excluding hydrogens is 556 g/mol. The zero-order valence-corrected chi connectivity index (χ0v) is 24.5. The highest BCUT2D eigenvalue weighted by molar-refractivity contribution is 7.17. The SMILES string of the molecule is C=CCOC(=O)c1sc(N2C(=O)C(=O)C(=C(O)c3ccc4c(c3)C[C@@H](C)O4)[C@H]2c2cccc(OCCCC)c2)nc1C. The van der Waals surface area contributed by atoms with Crippen LogP contribution in [0.5, 0.6) is 11.5 Å². The number of esters is 1. The van der Waals surface area contributed by atoms with Crippen LogP contribution in [0.15, 0.2) is 60.7 Å². The van der Waals surface area contributed by atoms with Crippen LogP contribution in [0.2, 0.25) is 0 Å². The van der Waals surface area contributed by atoms with Crippen molar-refractivity contribution in [2.45, 2.75) is 52.2 Å². The normalized spacial score (nSPS) is 19.0. The van der Waals surface area contributed by atoms with Gasteiger partial charge in [0.15, 0.2) is 5.13 Å². The molecule has 1 fully saturated rings. The van der Waals surface area contributed by atoms with Gasteiger partial charge in [0.1, 0.15) is 34.8 Å². The Morgan fingerprint density at radius 1 is 1.26 bits per heavy atom. The fourth-order valence-corrected chi connectivity index (χ4v) is 6.04. The molecule has 1 amide bonds. The minimum Gasteiger partial charge on any atom is -0.507 e. The molecule has 2 atom stereocenters. The Morgan fingerprint density at radius 3 is 2.83 bits per heavy atom. The molecule has 0 aliphatic carbocycles. The second-order valence-corrected chi connectivity index (χ2v) is 11.2. The van der Waals surface area contributed by atoms with Crippen LogP contribution in [0.25, 0.3) is 5.76 Å². The Morgan fingerprint density at radius 2 is 2.07 bits per heavy atom. The number of aryl methyl sites for hydroxylation is 1. The highest BCUT2D eigenvalue weighted by atomic mass is 32.1. The number of amides is 1. The summed E-state index contributed by atoms with van der Waals surface area (Å²) >= 11 is 0.948. The number of anilines is 1. The number of nitrogens with zero attached hydrogens (tertiary/aromatic N) is 2. The largest absolute Gasteiger partial charge is 0.507 e. The lowest BCUT2D eigenvalue weighted by molar-refractivity contribution is -0.132. The second-order valence-electron chi connectivity index (χ2n) is 10.2. The van der Waals surface area contributed by atoms with E-state index < -0.39 is 23.7 Å². The van der Waals surface area contributed by atoms with E-state index in [4.69, 9.17) is 14.2 Å². The molecule has 0 unspecified atom stereocenters. The zero-order valence-electron chi connectivity index (χ0n) is 23.7. The van der Waals surface area contributed by atoms with Gasteiger partial charge in [-0.05, 0) is 61.7 Å². The summed E-state index contributed by atoms with van der Waals surface area (Å²) in [5, 5.41) is 11.7. The highest BCUT2D eigenvalue weighted by Gasteiger charge is 2.48. The van der Waals surface area contributed by atoms with E-state index >= 15 is 0 Å². The van der Waals surface area contributed by atoms with Gasteiger partial charge in [-0.3, -0.25) is 14.5 Å². The average molecular weight is 589 g/mol. The van der Waals surface area contributed by atoms with Crippen molar-refractivity contribution < 1.29 is 33.7 Å². The monoisotopic (exact) mass is 588 g/mol. The van der Waals surface area contributed by atoms with Gasteiger partial charge in [0.2, 0.25) is 0 Å². The molecule has 0 saturated carbocycles. The summed E-state index contributed by atoms with van der Waals surface area (Å²) in [6.45, 7) is 9.74. The molecule has 3 aromatic rings. The lowest BCUT2D eigenvalue weighted by atomic mass is 9.94. The zero-order chi connectivity index (χ0) is 30.0. The number of rotatable bonds is 10. The number of aromatic nitrogens is 1. The minimum absolute atomic E-state index is 0.000988. The maximum atomic E-state index is 13.6. The maximum absolute atomic E-state index is 13.6. The van der Waals surface area contributed by atoms with E-state index in [9.17, 15) is 19.5 Å². The number of hydrogen-bond acceptors (Lipinski definition) is 9. The molecule has 2 aliphatic rings. The van der Waals surface area contributed by atoms with Gasteiger partial charge in [0, 0.05) is 12.0 Å². The molecule has 0 radical (unpaired) electrons. The predicted octanol–water partition coefficient (Wildman–Crippen LogP) is 5.92. The van der Waals surface area contributed by atoms with Gasteiger partial charge in [-0.1, -0.05) is 49.5 Å². The molecular formula is C32H32N2O7S. The first-order valence-electron chi connectivity index (χ1n) is 13.8. The van der Waals surface area contributed by atoms with Crippen molar-refractivity contribution in [3.05, 3.63) is 88.0 Å². The number of ketones is 1. The van der Waals surface area contributed by atoms with Crippen LogP contribution >= 0.6 is 11.3 Å². The molecule has 218 valence electrons. The van der Waals surface area contributed by atoms with E-state index in [1.54, 1.807) is 49.4 Å². The Kier molecular flexibility index (Phi) is 8.44. The van der Waals surface area contributed by atoms with Crippen molar-refractivity contribution in [1.82, 2.24) is 4.98 Å². The molecule has 10 heteroatoms.